The lowest BCUT2D eigenvalue weighted by molar-refractivity contribution is -0.385. The molecule has 0 fully saturated rings. The first-order chi connectivity index (χ1) is 13.1. The van der Waals surface area contributed by atoms with Crippen LogP contribution in [0, 0.1) is 17.0 Å². The van der Waals surface area contributed by atoms with Gasteiger partial charge in [-0.15, -0.1) is 0 Å². The highest BCUT2D eigenvalue weighted by molar-refractivity contribution is 7.86. The molecule has 3 N–H and O–H groups in total. The maximum absolute atomic E-state index is 12.6. The third kappa shape index (κ3) is 3.50. The van der Waals surface area contributed by atoms with E-state index in [9.17, 15) is 33.0 Å². The summed E-state index contributed by atoms with van der Waals surface area (Å²) >= 11 is 0. The van der Waals surface area contributed by atoms with Crippen LogP contribution in [0.5, 0.6) is 5.75 Å². The monoisotopic (exact) mass is 402 g/mol. The molecule has 0 unspecified atom stereocenters. The Labute approximate surface area is 159 Å². The molecule has 0 spiro atoms. The van der Waals surface area contributed by atoms with Crippen LogP contribution < -0.4 is 5.32 Å². The first-order valence-electron chi connectivity index (χ1n) is 7.88. The van der Waals surface area contributed by atoms with Crippen molar-refractivity contribution in [2.24, 2.45) is 0 Å². The van der Waals surface area contributed by atoms with E-state index >= 15 is 0 Å². The third-order valence-corrected chi connectivity index (χ3v) is 5.07. The van der Waals surface area contributed by atoms with Gasteiger partial charge in [0.1, 0.15) is 10.6 Å². The molecule has 0 aromatic heterocycles. The van der Waals surface area contributed by atoms with Gasteiger partial charge >= 0.3 is 0 Å². The number of phenols is 1. The normalized spacial score (nSPS) is 11.4. The summed E-state index contributed by atoms with van der Waals surface area (Å²) < 4.78 is 33.0. The van der Waals surface area contributed by atoms with Crippen molar-refractivity contribution < 1.29 is 27.8 Å². The van der Waals surface area contributed by atoms with Crippen molar-refractivity contribution in [3.8, 4) is 5.75 Å². The van der Waals surface area contributed by atoms with E-state index in [-0.39, 0.29) is 28.1 Å². The Morgan fingerprint density at radius 3 is 2.50 bits per heavy atom. The predicted octanol–water partition coefficient (Wildman–Crippen LogP) is 3.26. The van der Waals surface area contributed by atoms with Crippen LogP contribution in [-0.4, -0.2) is 28.9 Å². The van der Waals surface area contributed by atoms with E-state index in [0.29, 0.717) is 10.9 Å². The fourth-order valence-electron chi connectivity index (χ4n) is 2.81. The number of carbonyl (C=O) groups is 1. The SMILES string of the molecule is Cc1ccc(C(=O)Nc2c(S(=O)(=O)O)ccc3cccc(O)c23)cc1[N+](=O)[O-]. The number of aromatic hydroxyl groups is 1. The second-order valence-corrected chi connectivity index (χ2v) is 7.39. The minimum Gasteiger partial charge on any atom is -0.507 e. The number of hydrogen-bond donors (Lipinski definition) is 3. The number of fused-ring (bicyclic) bond motifs is 1. The number of carbonyl (C=O) groups excluding carboxylic acids is 1. The lowest BCUT2D eigenvalue weighted by Gasteiger charge is -2.14. The molecule has 0 saturated heterocycles. The van der Waals surface area contributed by atoms with Crippen molar-refractivity contribution in [1.82, 2.24) is 0 Å². The Bertz CT molecular complexity index is 1240. The summed E-state index contributed by atoms with van der Waals surface area (Å²) in [7, 11) is -4.73. The van der Waals surface area contributed by atoms with Crippen molar-refractivity contribution in [2.45, 2.75) is 11.8 Å². The number of anilines is 1. The highest BCUT2D eigenvalue weighted by Gasteiger charge is 2.23. The van der Waals surface area contributed by atoms with Gasteiger partial charge < -0.3 is 10.4 Å². The van der Waals surface area contributed by atoms with Crippen LogP contribution in [0.15, 0.2) is 53.4 Å². The molecule has 0 radical (unpaired) electrons. The number of benzene rings is 3. The quantitative estimate of drug-likeness (QED) is 0.345. The average molecular weight is 402 g/mol. The fraction of sp³-hybridized carbons (Fsp3) is 0.0556. The van der Waals surface area contributed by atoms with Crippen molar-refractivity contribution in [2.75, 3.05) is 5.32 Å². The summed E-state index contributed by atoms with van der Waals surface area (Å²) in [5.74, 6) is -1.16. The van der Waals surface area contributed by atoms with Gasteiger partial charge in [-0.05, 0) is 30.5 Å². The molecular weight excluding hydrogens is 388 g/mol. The summed E-state index contributed by atoms with van der Waals surface area (Å²) in [5.41, 5.74) is -0.344. The van der Waals surface area contributed by atoms with Crippen LogP contribution in [0.3, 0.4) is 0 Å². The van der Waals surface area contributed by atoms with Crippen LogP contribution >= 0.6 is 0 Å². The molecule has 0 saturated carbocycles. The van der Waals surface area contributed by atoms with E-state index in [0.717, 1.165) is 12.1 Å². The van der Waals surface area contributed by atoms with Crippen LogP contribution in [0.1, 0.15) is 15.9 Å². The Hall–Kier alpha value is -3.50. The average Bonchev–Trinajstić information content (AvgIpc) is 2.61. The molecule has 9 nitrogen and oxygen atoms in total. The van der Waals surface area contributed by atoms with Gasteiger partial charge in [0.15, 0.2) is 0 Å². The molecule has 3 rings (SSSR count). The number of rotatable bonds is 4. The maximum atomic E-state index is 12.6. The molecule has 144 valence electrons. The number of phenolic OH excluding ortho intramolecular Hbond substituents is 1. The van der Waals surface area contributed by atoms with Gasteiger partial charge in [0.2, 0.25) is 0 Å². The molecule has 3 aromatic rings. The lowest BCUT2D eigenvalue weighted by Crippen LogP contribution is -2.15. The van der Waals surface area contributed by atoms with Crippen molar-refractivity contribution >= 4 is 38.2 Å². The molecule has 0 bridgehead atoms. The summed E-state index contributed by atoms with van der Waals surface area (Å²) in [4.78, 5) is 22.5. The number of nitrogens with zero attached hydrogens (tertiary/aromatic N) is 1. The molecule has 1 amide bonds. The summed E-state index contributed by atoms with van der Waals surface area (Å²) in [6, 6.07) is 10.6. The molecule has 0 atom stereocenters. The second-order valence-electron chi connectivity index (χ2n) is 6.00. The van der Waals surface area contributed by atoms with Crippen molar-refractivity contribution in [1.29, 1.82) is 0 Å². The van der Waals surface area contributed by atoms with Gasteiger partial charge in [-0.1, -0.05) is 24.3 Å². The largest absolute Gasteiger partial charge is 0.507 e. The highest BCUT2D eigenvalue weighted by atomic mass is 32.2. The summed E-state index contributed by atoms with van der Waals surface area (Å²) in [5, 5.41) is 24.0. The minimum atomic E-state index is -4.73. The van der Waals surface area contributed by atoms with Crippen LogP contribution in [-0.2, 0) is 10.1 Å². The van der Waals surface area contributed by atoms with Gasteiger partial charge in [0.05, 0.1) is 10.6 Å². The van der Waals surface area contributed by atoms with Crippen LogP contribution in [0.2, 0.25) is 0 Å². The standard InChI is InChI=1S/C18H14N2O7S/c1-10-5-6-12(9-13(10)20(23)24)18(22)19-17-15(28(25,26)27)8-7-11-3-2-4-14(21)16(11)17/h2-9,21H,1H3,(H,19,22)(H,25,26,27). The van der Waals surface area contributed by atoms with E-state index in [1.165, 1.54) is 37.3 Å². The Morgan fingerprint density at radius 1 is 1.14 bits per heavy atom. The molecule has 0 aliphatic heterocycles. The first-order valence-corrected chi connectivity index (χ1v) is 9.32. The zero-order valence-corrected chi connectivity index (χ0v) is 15.2. The molecule has 28 heavy (non-hydrogen) atoms. The smallest absolute Gasteiger partial charge is 0.296 e. The zero-order valence-electron chi connectivity index (χ0n) is 14.4. The van der Waals surface area contributed by atoms with Gasteiger partial charge in [0, 0.05) is 22.6 Å². The molecule has 0 aliphatic rings. The van der Waals surface area contributed by atoms with Gasteiger partial charge in [-0.3, -0.25) is 19.5 Å². The van der Waals surface area contributed by atoms with E-state index in [4.69, 9.17) is 0 Å². The second kappa shape index (κ2) is 6.91. The highest BCUT2D eigenvalue weighted by Crippen LogP contribution is 2.36. The van der Waals surface area contributed by atoms with Crippen molar-refractivity contribution in [3.63, 3.8) is 0 Å². The predicted molar refractivity (Wildman–Crippen MR) is 101 cm³/mol. The number of amides is 1. The van der Waals surface area contributed by atoms with Gasteiger partial charge in [0.25, 0.3) is 21.7 Å². The topological polar surface area (TPSA) is 147 Å². The van der Waals surface area contributed by atoms with E-state index < -0.39 is 25.8 Å². The maximum Gasteiger partial charge on any atom is 0.296 e. The van der Waals surface area contributed by atoms with Crippen LogP contribution in [0.25, 0.3) is 10.8 Å². The Balaban J connectivity index is 2.18. The van der Waals surface area contributed by atoms with Crippen LogP contribution in [0.4, 0.5) is 11.4 Å². The lowest BCUT2D eigenvalue weighted by atomic mass is 10.1. The number of nitrogens with one attached hydrogen (secondary N) is 1. The Morgan fingerprint density at radius 2 is 1.86 bits per heavy atom. The van der Waals surface area contributed by atoms with E-state index in [2.05, 4.69) is 5.32 Å². The zero-order chi connectivity index (χ0) is 20.6. The molecular formula is C18H14N2O7S. The van der Waals surface area contributed by atoms with E-state index in [1.54, 1.807) is 6.07 Å². The molecule has 0 aliphatic carbocycles. The minimum absolute atomic E-state index is 0.00702. The van der Waals surface area contributed by atoms with E-state index in [1.807, 2.05) is 0 Å². The fourth-order valence-corrected chi connectivity index (χ4v) is 3.46. The molecule has 10 heteroatoms. The molecule has 0 heterocycles. The van der Waals surface area contributed by atoms with Gasteiger partial charge in [-0.2, -0.15) is 8.42 Å². The molecule has 3 aromatic carbocycles. The number of nitro benzene ring substituents is 1. The number of aryl methyl sites for hydroxylation is 1. The van der Waals surface area contributed by atoms with Crippen molar-refractivity contribution in [3.05, 3.63) is 69.8 Å². The first kappa shape index (κ1) is 19.3. The number of nitro groups is 1. The summed E-state index contributed by atoms with van der Waals surface area (Å²) in [6.07, 6.45) is 0. The summed E-state index contributed by atoms with van der Waals surface area (Å²) in [6.45, 7) is 1.51. The number of hydrogen-bond acceptors (Lipinski definition) is 6. The Kier molecular flexibility index (Phi) is 4.75. The van der Waals surface area contributed by atoms with Gasteiger partial charge in [-0.25, -0.2) is 0 Å². The third-order valence-electron chi connectivity index (χ3n) is 4.17.